The van der Waals surface area contributed by atoms with Gasteiger partial charge in [-0.15, -0.1) is 11.3 Å². The summed E-state index contributed by atoms with van der Waals surface area (Å²) in [7, 11) is 0. The number of halogens is 2. The van der Waals surface area contributed by atoms with Crippen molar-refractivity contribution in [3.63, 3.8) is 0 Å². The lowest BCUT2D eigenvalue weighted by atomic mass is 10.3. The van der Waals surface area contributed by atoms with E-state index in [-0.39, 0.29) is 6.04 Å². The molecule has 0 saturated carbocycles. The summed E-state index contributed by atoms with van der Waals surface area (Å²) in [5.41, 5.74) is 5.65. The average molecular weight is 286 g/mol. The molecule has 1 aromatic rings. The van der Waals surface area contributed by atoms with Crippen molar-refractivity contribution in [2.75, 3.05) is 0 Å². The van der Waals surface area contributed by atoms with Crippen LogP contribution in [0.2, 0.25) is 0 Å². The van der Waals surface area contributed by atoms with Gasteiger partial charge in [0, 0.05) is 6.04 Å². The molecule has 1 atom stereocenters. The maximum atomic E-state index is 5.65. The molecule has 2 N–H and O–H groups in total. The fraction of sp³-hybridized carbons (Fsp3) is 0.400. The molecule has 0 spiro atoms. The number of nitrogens with zero attached hydrogens (tertiary/aromatic N) is 1. The Morgan fingerprint density at radius 1 is 1.60 bits per heavy atom. The van der Waals surface area contributed by atoms with Crippen LogP contribution in [0.1, 0.15) is 17.8 Å². The van der Waals surface area contributed by atoms with E-state index in [1.807, 2.05) is 6.92 Å². The molecule has 0 fully saturated rings. The maximum absolute atomic E-state index is 5.65. The molecule has 1 aromatic heterocycles. The molecule has 0 aromatic carbocycles. The van der Waals surface area contributed by atoms with Gasteiger partial charge in [-0.25, -0.2) is 4.98 Å². The van der Waals surface area contributed by atoms with Crippen molar-refractivity contribution in [1.82, 2.24) is 4.98 Å². The first kappa shape index (κ1) is 8.64. The van der Waals surface area contributed by atoms with Crippen LogP contribution in [0.25, 0.3) is 0 Å². The lowest BCUT2D eigenvalue weighted by molar-refractivity contribution is 0.829. The van der Waals surface area contributed by atoms with Gasteiger partial charge in [-0.05, 0) is 38.8 Å². The van der Waals surface area contributed by atoms with E-state index in [2.05, 4.69) is 36.8 Å². The number of rotatable bonds is 1. The van der Waals surface area contributed by atoms with E-state index in [1.165, 1.54) is 0 Å². The van der Waals surface area contributed by atoms with Crippen molar-refractivity contribution in [2.24, 2.45) is 5.73 Å². The van der Waals surface area contributed by atoms with Gasteiger partial charge in [0.1, 0.15) is 4.60 Å². The summed E-state index contributed by atoms with van der Waals surface area (Å²) in [6.07, 6.45) is 0. The molecule has 0 bridgehead atoms. The minimum atomic E-state index is 0.0539. The van der Waals surface area contributed by atoms with Crippen molar-refractivity contribution in [3.05, 3.63) is 13.4 Å². The second-order valence-corrected chi connectivity index (χ2v) is 4.97. The average Bonchev–Trinajstić information content (AvgIpc) is 2.10. The smallest absolute Gasteiger partial charge is 0.160 e. The summed E-state index contributed by atoms with van der Waals surface area (Å²) in [6.45, 7) is 1.94. The fourth-order valence-corrected chi connectivity index (χ4v) is 3.04. The van der Waals surface area contributed by atoms with Gasteiger partial charge in [-0.1, -0.05) is 0 Å². The Labute approximate surface area is 80.1 Å². The quantitative estimate of drug-likeness (QED) is 0.862. The Balaban J connectivity index is 3.03. The zero-order chi connectivity index (χ0) is 7.72. The summed E-state index contributed by atoms with van der Waals surface area (Å²) >= 11 is 8.14. The van der Waals surface area contributed by atoms with Crippen LogP contribution in [0.3, 0.4) is 0 Å². The molecule has 1 unspecified atom stereocenters. The Morgan fingerprint density at radius 3 is 2.40 bits per heavy atom. The van der Waals surface area contributed by atoms with E-state index >= 15 is 0 Å². The van der Waals surface area contributed by atoms with Crippen molar-refractivity contribution >= 4 is 43.2 Å². The molecular weight excluding hydrogens is 280 g/mol. The largest absolute Gasteiger partial charge is 0.323 e. The second-order valence-electron chi connectivity index (χ2n) is 1.91. The highest BCUT2D eigenvalue weighted by atomic mass is 79.9. The fourth-order valence-electron chi connectivity index (χ4n) is 0.569. The van der Waals surface area contributed by atoms with Gasteiger partial charge in [-0.3, -0.25) is 0 Å². The molecule has 0 saturated heterocycles. The van der Waals surface area contributed by atoms with Gasteiger partial charge in [0.25, 0.3) is 0 Å². The molecule has 5 heteroatoms. The number of hydrogen-bond donors (Lipinski definition) is 1. The summed E-state index contributed by atoms with van der Waals surface area (Å²) < 4.78 is 1.71. The minimum absolute atomic E-state index is 0.0539. The lowest BCUT2D eigenvalue weighted by Crippen LogP contribution is -2.02. The Morgan fingerprint density at radius 2 is 2.20 bits per heavy atom. The van der Waals surface area contributed by atoms with Crippen molar-refractivity contribution in [1.29, 1.82) is 0 Å². The zero-order valence-electron chi connectivity index (χ0n) is 5.27. The third-order valence-corrected chi connectivity index (χ3v) is 3.57. The summed E-state index contributed by atoms with van der Waals surface area (Å²) in [6, 6.07) is 0.0539. The van der Waals surface area contributed by atoms with Crippen molar-refractivity contribution < 1.29 is 0 Å². The van der Waals surface area contributed by atoms with Gasteiger partial charge in [-0.2, -0.15) is 0 Å². The molecule has 0 radical (unpaired) electrons. The second kappa shape index (κ2) is 3.30. The third kappa shape index (κ3) is 1.78. The topological polar surface area (TPSA) is 38.9 Å². The monoisotopic (exact) mass is 284 g/mol. The Kier molecular flexibility index (Phi) is 2.85. The predicted molar refractivity (Wildman–Crippen MR) is 50.1 cm³/mol. The Hall–Kier alpha value is 0.550. The number of thiazole rings is 1. The first-order chi connectivity index (χ1) is 4.61. The van der Waals surface area contributed by atoms with E-state index in [1.54, 1.807) is 11.3 Å². The first-order valence-corrected chi connectivity index (χ1v) is 5.09. The van der Waals surface area contributed by atoms with E-state index in [4.69, 9.17) is 5.73 Å². The number of aromatic nitrogens is 1. The summed E-state index contributed by atoms with van der Waals surface area (Å²) in [5.74, 6) is 0. The molecule has 56 valence electrons. The number of nitrogens with two attached hydrogens (primary N) is 1. The lowest BCUT2D eigenvalue weighted by Gasteiger charge is -1.98. The van der Waals surface area contributed by atoms with Gasteiger partial charge >= 0.3 is 0 Å². The third-order valence-electron chi connectivity index (χ3n) is 0.997. The van der Waals surface area contributed by atoms with Crippen LogP contribution in [-0.2, 0) is 0 Å². The molecule has 2 nitrogen and oxygen atoms in total. The first-order valence-electron chi connectivity index (χ1n) is 2.68. The van der Waals surface area contributed by atoms with E-state index in [0.717, 1.165) is 13.4 Å². The van der Waals surface area contributed by atoms with Crippen molar-refractivity contribution in [2.45, 2.75) is 13.0 Å². The number of hydrogen-bond acceptors (Lipinski definition) is 3. The van der Waals surface area contributed by atoms with Gasteiger partial charge in [0.2, 0.25) is 0 Å². The maximum Gasteiger partial charge on any atom is 0.160 e. The molecule has 0 aliphatic carbocycles. The normalized spacial score (nSPS) is 13.6. The van der Waals surface area contributed by atoms with Crippen LogP contribution in [-0.4, -0.2) is 4.98 Å². The predicted octanol–water partition coefficient (Wildman–Crippen LogP) is 2.69. The van der Waals surface area contributed by atoms with E-state index < -0.39 is 0 Å². The SMILES string of the molecule is CC(N)c1sc(Br)nc1Br. The Bertz CT molecular complexity index is 234. The highest BCUT2D eigenvalue weighted by Crippen LogP contribution is 2.30. The van der Waals surface area contributed by atoms with Gasteiger partial charge in [0.05, 0.1) is 4.88 Å². The van der Waals surface area contributed by atoms with Gasteiger partial charge < -0.3 is 5.73 Å². The van der Waals surface area contributed by atoms with Crippen LogP contribution in [0.4, 0.5) is 0 Å². The van der Waals surface area contributed by atoms with Crippen LogP contribution in [0.5, 0.6) is 0 Å². The molecule has 1 rings (SSSR count). The van der Waals surface area contributed by atoms with Crippen LogP contribution < -0.4 is 5.73 Å². The molecule has 0 aliphatic rings. The molecule has 1 heterocycles. The molecule has 0 amide bonds. The van der Waals surface area contributed by atoms with E-state index in [0.29, 0.717) is 0 Å². The molecule has 0 aliphatic heterocycles. The summed E-state index contributed by atoms with van der Waals surface area (Å²) in [5, 5.41) is 0. The highest BCUT2D eigenvalue weighted by molar-refractivity contribution is 9.11. The molecule has 10 heavy (non-hydrogen) atoms. The minimum Gasteiger partial charge on any atom is -0.323 e. The summed E-state index contributed by atoms with van der Waals surface area (Å²) in [4.78, 5) is 5.18. The van der Waals surface area contributed by atoms with Crippen molar-refractivity contribution in [3.8, 4) is 0 Å². The standard InChI is InChI=1S/C5H6Br2N2S/c1-2(8)3-4(6)9-5(7)10-3/h2H,8H2,1H3. The van der Waals surface area contributed by atoms with Crippen LogP contribution in [0.15, 0.2) is 8.52 Å². The highest BCUT2D eigenvalue weighted by Gasteiger charge is 2.09. The van der Waals surface area contributed by atoms with Gasteiger partial charge in [0.15, 0.2) is 3.92 Å². The zero-order valence-corrected chi connectivity index (χ0v) is 9.25. The van der Waals surface area contributed by atoms with Crippen LogP contribution >= 0.6 is 43.2 Å². The molecular formula is C5H6Br2N2S. The van der Waals surface area contributed by atoms with Crippen LogP contribution in [0, 0.1) is 0 Å². The van der Waals surface area contributed by atoms with E-state index in [9.17, 15) is 0 Å².